The van der Waals surface area contributed by atoms with Crippen molar-refractivity contribution >= 4 is 11.9 Å². The van der Waals surface area contributed by atoms with Crippen LogP contribution >= 0.6 is 0 Å². The molecule has 18 heavy (non-hydrogen) atoms. The Bertz CT molecular complexity index is 346. The first-order valence-electron chi connectivity index (χ1n) is 4.52. The molecule has 0 saturated carbocycles. The second kappa shape index (κ2) is 10.7. The van der Waals surface area contributed by atoms with E-state index in [1.54, 1.807) is 2.38 Å². The molecule has 0 aromatic carbocycles. The van der Waals surface area contributed by atoms with Crippen molar-refractivity contribution in [2.45, 2.75) is 6.42 Å². The van der Waals surface area contributed by atoms with Crippen LogP contribution in [0.2, 0.25) is 0 Å². The van der Waals surface area contributed by atoms with E-state index in [1.807, 2.05) is 0 Å². The summed E-state index contributed by atoms with van der Waals surface area (Å²) in [4.78, 5) is 18.7. The number of carboxylic acids is 2. The van der Waals surface area contributed by atoms with Gasteiger partial charge >= 0.3 is 69.9 Å². The van der Waals surface area contributed by atoms with Crippen LogP contribution in [0, 0.1) is 0 Å². The molecule has 0 atom stereocenters. The third-order valence-electron chi connectivity index (χ3n) is 1.29. The quantitative estimate of drug-likeness (QED) is 0.452. The van der Waals surface area contributed by atoms with E-state index in [0.29, 0.717) is 0 Å². The summed E-state index contributed by atoms with van der Waals surface area (Å²) in [6.07, 6.45) is 7.74. The van der Waals surface area contributed by atoms with E-state index in [9.17, 15) is 9.59 Å². The summed E-state index contributed by atoms with van der Waals surface area (Å²) in [5.74, 6) is -4.41. The first kappa shape index (κ1) is 19.0. The van der Waals surface area contributed by atoms with Crippen molar-refractivity contribution in [2.75, 3.05) is 0 Å². The molecular weight excluding hydrogens is 317 g/mol. The van der Waals surface area contributed by atoms with Gasteiger partial charge in [0.15, 0.2) is 11.5 Å². The number of hydrogen-bond acceptors (Lipinski definition) is 4. The monoisotopic (exact) mass is 330 g/mol. The minimum absolute atomic E-state index is 0.824. The van der Waals surface area contributed by atoms with Gasteiger partial charge in [0, 0.05) is 0 Å². The second-order valence-electron chi connectivity index (χ2n) is 2.88. The molecule has 0 heterocycles. The topological polar surface area (TPSA) is 115 Å². The van der Waals surface area contributed by atoms with Gasteiger partial charge in [-0.15, -0.1) is 0 Å². The van der Waals surface area contributed by atoms with Gasteiger partial charge in [-0.05, 0) is 13.2 Å². The number of aliphatic hydroxyl groups excluding tert-OH is 2. The van der Waals surface area contributed by atoms with Crippen LogP contribution in [-0.4, -0.2) is 32.4 Å². The Kier molecular flexibility index (Phi) is 11.3. The van der Waals surface area contributed by atoms with Crippen molar-refractivity contribution in [1.82, 2.24) is 0 Å². The summed E-state index contributed by atoms with van der Waals surface area (Å²) in [6.45, 7) is 5.42. The molecule has 0 aliphatic heterocycles. The van der Waals surface area contributed by atoms with E-state index in [4.69, 9.17) is 20.4 Å². The van der Waals surface area contributed by atoms with Gasteiger partial charge in [-0.2, -0.15) is 0 Å². The number of carbonyl (C=O) groups is 2. The fourth-order valence-electron chi connectivity index (χ4n) is 0.464. The van der Waals surface area contributed by atoms with Gasteiger partial charge < -0.3 is 20.4 Å². The molecule has 1 aliphatic rings. The first-order chi connectivity index (χ1) is 8.18. The average molecular weight is 330 g/mol. The normalized spacial score (nSPS) is 10.9. The van der Waals surface area contributed by atoms with Crippen molar-refractivity contribution in [1.29, 1.82) is 0 Å². The van der Waals surface area contributed by atoms with Gasteiger partial charge in [0.1, 0.15) is 0 Å². The molecule has 6 nitrogen and oxygen atoms in total. The molecule has 0 aromatic rings. The summed E-state index contributed by atoms with van der Waals surface area (Å²) in [7, 11) is 0. The maximum atomic E-state index is 9.35. The van der Waals surface area contributed by atoms with Crippen molar-refractivity contribution in [3.63, 3.8) is 0 Å². The Labute approximate surface area is 124 Å². The summed E-state index contributed by atoms with van der Waals surface area (Å²) in [6, 6.07) is 0. The van der Waals surface area contributed by atoms with E-state index in [2.05, 4.69) is 31.4 Å². The number of allylic oxidation sites excluding steroid dienone is 4. The summed E-state index contributed by atoms with van der Waals surface area (Å²) in [5, 5.41) is 31.0. The van der Waals surface area contributed by atoms with Gasteiger partial charge in [0.25, 0.3) is 0 Å². The number of aliphatic hydroxyl groups is 2. The van der Waals surface area contributed by atoms with Crippen LogP contribution < -0.4 is 0 Å². The van der Waals surface area contributed by atoms with Crippen LogP contribution in [0.15, 0.2) is 45.3 Å². The predicted octanol–water partition coefficient (Wildman–Crippen LogP) is 1.66. The summed E-state index contributed by atoms with van der Waals surface area (Å²) < 4.78 is 1.60. The average Bonchev–Trinajstić information content (AvgIpc) is 2.70. The zero-order valence-electron chi connectivity index (χ0n) is 9.54. The second-order valence-corrected chi connectivity index (χ2v) is 4.70. The fraction of sp³-hybridized carbons (Fsp3) is 0.0909. The van der Waals surface area contributed by atoms with Crippen LogP contribution in [-0.2, 0) is 40.5 Å². The van der Waals surface area contributed by atoms with E-state index in [-0.39, 0.29) is 0 Å². The van der Waals surface area contributed by atoms with Crippen LogP contribution in [0.3, 0.4) is 0 Å². The van der Waals surface area contributed by atoms with Crippen LogP contribution in [0.1, 0.15) is 6.42 Å². The SMILES string of the molecule is C=C(O)C(=O)O.C=C(O)C(=O)O.[Y][C]1=CC=CC1. The van der Waals surface area contributed by atoms with Crippen molar-refractivity contribution in [2.24, 2.45) is 0 Å². The van der Waals surface area contributed by atoms with Crippen LogP contribution in [0.25, 0.3) is 0 Å². The Morgan fingerprint density at radius 3 is 1.44 bits per heavy atom. The minimum atomic E-state index is -1.38. The molecule has 0 aromatic heterocycles. The van der Waals surface area contributed by atoms with Crippen LogP contribution in [0.5, 0.6) is 0 Å². The fourth-order valence-corrected chi connectivity index (χ4v) is 1.07. The van der Waals surface area contributed by atoms with Crippen molar-refractivity contribution < 1.29 is 61.0 Å². The molecule has 0 radical (unpaired) electrons. The molecular formula is C11H13O6Y. The molecule has 0 amide bonds. The Morgan fingerprint density at radius 2 is 1.39 bits per heavy atom. The van der Waals surface area contributed by atoms with E-state index in [0.717, 1.165) is 0 Å². The molecule has 0 unspecified atom stereocenters. The van der Waals surface area contributed by atoms with Gasteiger partial charge in [-0.3, -0.25) is 0 Å². The van der Waals surface area contributed by atoms with Gasteiger partial charge in [-0.1, -0.05) is 0 Å². The number of hydrogen-bond donors (Lipinski definition) is 4. The molecule has 0 spiro atoms. The Balaban J connectivity index is 0. The zero-order valence-corrected chi connectivity index (χ0v) is 12.4. The standard InChI is InChI=1S/C5H5.2C3H4O3.Y/c1-2-4-5-3-1;2*1-2(4)3(5)6;/h1-3H,4H2;2*4H,1H2,(H,5,6);. The van der Waals surface area contributed by atoms with Gasteiger partial charge in [0.05, 0.1) is 0 Å². The molecule has 1 rings (SSSR count). The molecule has 0 fully saturated rings. The Morgan fingerprint density at radius 1 is 1.06 bits per heavy atom. The van der Waals surface area contributed by atoms with Gasteiger partial charge in [0.2, 0.25) is 0 Å². The predicted molar refractivity (Wildman–Crippen MR) is 60.6 cm³/mol. The number of carboxylic acid groups (broad SMARTS) is 2. The molecule has 7 heteroatoms. The number of rotatable bonds is 2. The first-order valence-corrected chi connectivity index (χ1v) is 5.93. The van der Waals surface area contributed by atoms with E-state index in [1.165, 1.54) is 37.4 Å². The van der Waals surface area contributed by atoms with Crippen LogP contribution in [0.4, 0.5) is 0 Å². The third kappa shape index (κ3) is 14.6. The molecule has 96 valence electrons. The van der Waals surface area contributed by atoms with E-state index >= 15 is 0 Å². The molecule has 4 N–H and O–H groups in total. The van der Waals surface area contributed by atoms with Crippen molar-refractivity contribution in [3.8, 4) is 0 Å². The zero-order chi connectivity index (χ0) is 14.7. The van der Waals surface area contributed by atoms with Crippen molar-refractivity contribution in [3.05, 3.63) is 45.3 Å². The maximum absolute atomic E-state index is 9.35. The molecule has 1 aliphatic carbocycles. The third-order valence-corrected chi connectivity index (χ3v) is 2.35. The summed E-state index contributed by atoms with van der Waals surface area (Å²) >= 11 is 1.31. The molecule has 0 bridgehead atoms. The molecule has 0 saturated heterocycles. The number of aliphatic carboxylic acids is 2. The van der Waals surface area contributed by atoms with Gasteiger partial charge in [-0.25, -0.2) is 9.59 Å². The van der Waals surface area contributed by atoms with E-state index < -0.39 is 23.5 Å². The summed E-state index contributed by atoms with van der Waals surface area (Å²) in [5.41, 5.74) is 0. The Hall–Kier alpha value is -1.40.